The minimum absolute atomic E-state index is 0.0319. The fraction of sp³-hybridized carbons (Fsp3) is 0.778. The van der Waals surface area contributed by atoms with E-state index in [1.54, 1.807) is 0 Å². The number of hydrogen-bond donors (Lipinski definition) is 1. The van der Waals surface area contributed by atoms with Gasteiger partial charge < -0.3 is 5.32 Å². The molecule has 5 nitrogen and oxygen atoms in total. The molecule has 2 amide bonds. The van der Waals surface area contributed by atoms with E-state index in [1.165, 1.54) is 4.90 Å². The SMILES string of the molecule is CN1CCNCC1N1C(=O)CCC1=O. The minimum Gasteiger partial charge on any atom is -0.312 e. The normalized spacial score (nSPS) is 30.1. The van der Waals surface area contributed by atoms with Gasteiger partial charge in [-0.3, -0.25) is 19.4 Å². The quantitative estimate of drug-likeness (QED) is 0.548. The Morgan fingerprint density at radius 1 is 1.29 bits per heavy atom. The number of carbonyl (C=O) groups is 2. The van der Waals surface area contributed by atoms with Crippen molar-refractivity contribution in [3.63, 3.8) is 0 Å². The molecule has 0 saturated carbocycles. The van der Waals surface area contributed by atoms with Crippen molar-refractivity contribution in [2.45, 2.75) is 19.0 Å². The number of likely N-dealkylation sites (N-methyl/N-ethyl adjacent to an activating group) is 1. The Labute approximate surface area is 83.0 Å². The van der Waals surface area contributed by atoms with Crippen LogP contribution in [0.3, 0.4) is 0 Å². The van der Waals surface area contributed by atoms with Gasteiger partial charge in [0.1, 0.15) is 6.17 Å². The summed E-state index contributed by atoms with van der Waals surface area (Å²) in [4.78, 5) is 26.4. The fourth-order valence-corrected chi connectivity index (χ4v) is 2.01. The molecule has 2 rings (SSSR count). The van der Waals surface area contributed by atoms with E-state index in [4.69, 9.17) is 0 Å². The Hall–Kier alpha value is -0.940. The molecule has 2 aliphatic rings. The summed E-state index contributed by atoms with van der Waals surface area (Å²) in [6.45, 7) is 2.49. The van der Waals surface area contributed by atoms with Gasteiger partial charge in [-0.25, -0.2) is 0 Å². The van der Waals surface area contributed by atoms with Crippen LogP contribution in [0.1, 0.15) is 12.8 Å². The number of carbonyl (C=O) groups excluding carboxylic acids is 2. The van der Waals surface area contributed by atoms with Crippen molar-refractivity contribution in [3.8, 4) is 0 Å². The molecule has 0 aromatic heterocycles. The lowest BCUT2D eigenvalue weighted by atomic mass is 10.3. The molecule has 2 saturated heterocycles. The van der Waals surface area contributed by atoms with Crippen molar-refractivity contribution in [1.82, 2.24) is 15.1 Å². The van der Waals surface area contributed by atoms with Crippen molar-refractivity contribution < 1.29 is 9.59 Å². The summed E-state index contributed by atoms with van der Waals surface area (Å²) < 4.78 is 0. The maximum absolute atomic E-state index is 11.5. The Balaban J connectivity index is 2.12. The van der Waals surface area contributed by atoms with Crippen LogP contribution in [-0.4, -0.2) is 54.5 Å². The first-order valence-corrected chi connectivity index (χ1v) is 4.96. The molecule has 1 unspecified atom stereocenters. The van der Waals surface area contributed by atoms with Gasteiger partial charge >= 0.3 is 0 Å². The van der Waals surface area contributed by atoms with Crippen LogP contribution in [0.2, 0.25) is 0 Å². The number of rotatable bonds is 1. The van der Waals surface area contributed by atoms with Crippen molar-refractivity contribution in [3.05, 3.63) is 0 Å². The van der Waals surface area contributed by atoms with Gasteiger partial charge in [-0.1, -0.05) is 0 Å². The average molecular weight is 197 g/mol. The van der Waals surface area contributed by atoms with E-state index in [0.717, 1.165) is 13.1 Å². The zero-order chi connectivity index (χ0) is 10.1. The summed E-state index contributed by atoms with van der Waals surface area (Å²) in [5.41, 5.74) is 0. The maximum Gasteiger partial charge on any atom is 0.231 e. The topological polar surface area (TPSA) is 52.6 Å². The van der Waals surface area contributed by atoms with Crippen LogP contribution in [0.4, 0.5) is 0 Å². The first-order chi connectivity index (χ1) is 6.70. The number of nitrogens with zero attached hydrogens (tertiary/aromatic N) is 2. The first-order valence-electron chi connectivity index (χ1n) is 4.96. The molecule has 0 aliphatic carbocycles. The van der Waals surface area contributed by atoms with Gasteiger partial charge in [0.25, 0.3) is 0 Å². The van der Waals surface area contributed by atoms with Crippen LogP contribution in [0.15, 0.2) is 0 Å². The Bertz CT molecular complexity index is 251. The number of piperazine rings is 1. The molecule has 2 heterocycles. The van der Waals surface area contributed by atoms with Crippen LogP contribution in [0.25, 0.3) is 0 Å². The molecule has 0 spiro atoms. The number of likely N-dealkylation sites (tertiary alicyclic amines) is 1. The highest BCUT2D eigenvalue weighted by Gasteiger charge is 2.37. The largest absolute Gasteiger partial charge is 0.312 e. The predicted octanol–water partition coefficient (Wildman–Crippen LogP) is -1.00. The molecule has 0 radical (unpaired) electrons. The number of nitrogens with one attached hydrogen (secondary N) is 1. The highest BCUT2D eigenvalue weighted by molar-refractivity contribution is 6.02. The molecule has 1 atom stereocenters. The second-order valence-electron chi connectivity index (χ2n) is 3.82. The summed E-state index contributed by atoms with van der Waals surface area (Å²) in [6.07, 6.45) is 0.679. The van der Waals surface area contributed by atoms with E-state index in [1.807, 2.05) is 7.05 Å². The standard InChI is InChI=1S/C9H15N3O2/c1-11-5-4-10-6-7(11)12-8(13)2-3-9(12)14/h7,10H,2-6H2,1H3. The first kappa shape index (κ1) is 9.61. The van der Waals surface area contributed by atoms with E-state index in [0.29, 0.717) is 19.4 Å². The Morgan fingerprint density at radius 3 is 2.50 bits per heavy atom. The van der Waals surface area contributed by atoms with Gasteiger partial charge in [0, 0.05) is 32.5 Å². The summed E-state index contributed by atoms with van der Waals surface area (Å²) in [6, 6.07) is 0. The Morgan fingerprint density at radius 2 is 1.93 bits per heavy atom. The highest BCUT2D eigenvalue weighted by atomic mass is 16.2. The van der Waals surface area contributed by atoms with Crippen LogP contribution in [0, 0.1) is 0 Å². The third kappa shape index (κ3) is 1.53. The number of hydrogen-bond acceptors (Lipinski definition) is 4. The van der Waals surface area contributed by atoms with E-state index in [9.17, 15) is 9.59 Å². The molecule has 0 aromatic carbocycles. The molecular weight excluding hydrogens is 182 g/mol. The van der Waals surface area contributed by atoms with Crippen molar-refractivity contribution in [2.24, 2.45) is 0 Å². The molecule has 78 valence electrons. The summed E-state index contributed by atoms with van der Waals surface area (Å²) in [5, 5.41) is 3.20. The van der Waals surface area contributed by atoms with Crippen LogP contribution >= 0.6 is 0 Å². The summed E-state index contributed by atoms with van der Waals surface area (Å²) in [5.74, 6) is -0.0638. The number of amides is 2. The predicted molar refractivity (Wildman–Crippen MR) is 50.4 cm³/mol. The van der Waals surface area contributed by atoms with Crippen molar-refractivity contribution >= 4 is 11.8 Å². The van der Waals surface area contributed by atoms with E-state index >= 15 is 0 Å². The third-order valence-electron chi connectivity index (χ3n) is 2.87. The van der Waals surface area contributed by atoms with Crippen molar-refractivity contribution in [1.29, 1.82) is 0 Å². The van der Waals surface area contributed by atoms with Gasteiger partial charge in [-0.2, -0.15) is 0 Å². The molecule has 5 heteroatoms. The molecule has 2 fully saturated rings. The monoisotopic (exact) mass is 197 g/mol. The van der Waals surface area contributed by atoms with Gasteiger partial charge in [-0.05, 0) is 7.05 Å². The van der Waals surface area contributed by atoms with Gasteiger partial charge in [0.05, 0.1) is 0 Å². The summed E-state index contributed by atoms with van der Waals surface area (Å²) in [7, 11) is 1.95. The zero-order valence-corrected chi connectivity index (χ0v) is 8.32. The van der Waals surface area contributed by atoms with Gasteiger partial charge in [0.2, 0.25) is 11.8 Å². The van der Waals surface area contributed by atoms with Gasteiger partial charge in [0.15, 0.2) is 0 Å². The lowest BCUT2D eigenvalue weighted by molar-refractivity contribution is -0.145. The van der Waals surface area contributed by atoms with Crippen LogP contribution < -0.4 is 5.32 Å². The fourth-order valence-electron chi connectivity index (χ4n) is 2.01. The minimum atomic E-state index is -0.0775. The lowest BCUT2D eigenvalue weighted by Gasteiger charge is -2.37. The van der Waals surface area contributed by atoms with E-state index < -0.39 is 0 Å². The smallest absolute Gasteiger partial charge is 0.231 e. The molecule has 2 aliphatic heterocycles. The van der Waals surface area contributed by atoms with E-state index in [2.05, 4.69) is 10.2 Å². The maximum atomic E-state index is 11.5. The highest BCUT2D eigenvalue weighted by Crippen LogP contribution is 2.17. The van der Waals surface area contributed by atoms with Crippen molar-refractivity contribution in [2.75, 3.05) is 26.7 Å². The number of imide groups is 1. The van der Waals surface area contributed by atoms with Crippen LogP contribution in [-0.2, 0) is 9.59 Å². The van der Waals surface area contributed by atoms with Crippen LogP contribution in [0.5, 0.6) is 0 Å². The zero-order valence-electron chi connectivity index (χ0n) is 8.32. The summed E-state index contributed by atoms with van der Waals surface area (Å²) >= 11 is 0. The molecular formula is C9H15N3O2. The Kier molecular flexibility index (Phi) is 2.52. The molecule has 14 heavy (non-hydrogen) atoms. The average Bonchev–Trinajstić information content (AvgIpc) is 2.48. The molecule has 1 N–H and O–H groups in total. The van der Waals surface area contributed by atoms with E-state index in [-0.39, 0.29) is 18.0 Å². The second-order valence-corrected chi connectivity index (χ2v) is 3.82. The lowest BCUT2D eigenvalue weighted by Crippen LogP contribution is -2.59. The second kappa shape index (κ2) is 3.67. The third-order valence-corrected chi connectivity index (χ3v) is 2.87. The molecule has 0 bridgehead atoms. The van der Waals surface area contributed by atoms with Gasteiger partial charge in [-0.15, -0.1) is 0 Å². The molecule has 0 aromatic rings.